The topological polar surface area (TPSA) is 58.0 Å². The lowest BCUT2D eigenvalue weighted by Gasteiger charge is -2.09. The van der Waals surface area contributed by atoms with Crippen LogP contribution in [0.4, 0.5) is 5.95 Å². The second-order valence-electron chi connectivity index (χ2n) is 3.19. The maximum absolute atomic E-state index is 8.80. The largest absolute Gasteiger partial charge is 0.396 e. The van der Waals surface area contributed by atoms with Gasteiger partial charge in [0.25, 0.3) is 0 Å². The third-order valence-corrected chi connectivity index (χ3v) is 2.93. The summed E-state index contributed by atoms with van der Waals surface area (Å²) in [6.45, 7) is 5.13. The van der Waals surface area contributed by atoms with Crippen molar-refractivity contribution < 1.29 is 5.11 Å². The number of hydrogen-bond donors (Lipinski definition) is 2. The van der Waals surface area contributed by atoms with E-state index in [1.54, 1.807) is 18.0 Å². The van der Waals surface area contributed by atoms with Gasteiger partial charge >= 0.3 is 0 Å². The van der Waals surface area contributed by atoms with Gasteiger partial charge in [0.1, 0.15) is 5.03 Å². The summed E-state index contributed by atoms with van der Waals surface area (Å²) in [6, 6.07) is 1.89. The molecule has 2 N–H and O–H groups in total. The van der Waals surface area contributed by atoms with E-state index in [2.05, 4.69) is 22.2 Å². The van der Waals surface area contributed by atoms with Crippen LogP contribution >= 0.6 is 11.8 Å². The summed E-state index contributed by atoms with van der Waals surface area (Å²) < 4.78 is 0. The first kappa shape index (κ1) is 12.3. The highest BCUT2D eigenvalue weighted by Gasteiger charge is 2.05. The van der Waals surface area contributed by atoms with Gasteiger partial charge in [-0.1, -0.05) is 6.92 Å². The molecule has 0 spiro atoms. The highest BCUT2D eigenvalue weighted by Crippen LogP contribution is 2.23. The number of anilines is 1. The molecule has 5 heteroatoms. The fraction of sp³-hybridized carbons (Fsp3) is 0.600. The zero-order chi connectivity index (χ0) is 11.1. The molecule has 0 amide bonds. The Labute approximate surface area is 94.5 Å². The summed E-state index contributed by atoms with van der Waals surface area (Å²) in [7, 11) is 0. The molecule has 0 aliphatic rings. The van der Waals surface area contributed by atoms with Crippen molar-refractivity contribution in [2.75, 3.05) is 18.5 Å². The lowest BCUT2D eigenvalue weighted by Crippen LogP contribution is -2.04. The fourth-order valence-electron chi connectivity index (χ4n) is 1.10. The molecule has 84 valence electrons. The molecule has 1 rings (SSSR count). The average Bonchev–Trinajstić information content (AvgIpc) is 2.19. The van der Waals surface area contributed by atoms with Crippen LogP contribution in [-0.4, -0.2) is 33.5 Å². The van der Waals surface area contributed by atoms with Crippen molar-refractivity contribution in [3.05, 3.63) is 12.3 Å². The summed E-state index contributed by atoms with van der Waals surface area (Å²) in [5.74, 6) is 0.665. The summed E-state index contributed by atoms with van der Waals surface area (Å²) in [5.41, 5.74) is 0. The van der Waals surface area contributed by atoms with Crippen LogP contribution in [0.5, 0.6) is 0 Å². The number of nitrogens with zero attached hydrogens (tertiary/aromatic N) is 2. The minimum Gasteiger partial charge on any atom is -0.396 e. The molecule has 0 aliphatic heterocycles. The molecule has 15 heavy (non-hydrogen) atoms. The molecule has 1 atom stereocenters. The molecule has 1 aromatic heterocycles. The second-order valence-corrected chi connectivity index (χ2v) is 4.65. The van der Waals surface area contributed by atoms with Gasteiger partial charge in [-0.15, -0.1) is 11.8 Å². The number of rotatable bonds is 6. The Hall–Kier alpha value is -0.810. The van der Waals surface area contributed by atoms with Crippen molar-refractivity contribution in [1.82, 2.24) is 9.97 Å². The van der Waals surface area contributed by atoms with E-state index in [-0.39, 0.29) is 6.61 Å². The molecule has 0 saturated heterocycles. The molecule has 4 nitrogen and oxygen atoms in total. The molecule has 0 aromatic carbocycles. The molecular formula is C10H17N3OS. The Kier molecular flexibility index (Phi) is 5.42. The van der Waals surface area contributed by atoms with Crippen molar-refractivity contribution in [2.45, 2.75) is 30.5 Å². The normalized spacial score (nSPS) is 12.5. The Morgan fingerprint density at radius 1 is 1.60 bits per heavy atom. The number of nitrogens with one attached hydrogen (secondary N) is 1. The minimum atomic E-state index is 0.222. The smallest absolute Gasteiger partial charge is 0.223 e. The van der Waals surface area contributed by atoms with Gasteiger partial charge in [0.2, 0.25) is 5.95 Å². The average molecular weight is 227 g/mol. The van der Waals surface area contributed by atoms with Crippen molar-refractivity contribution in [3.8, 4) is 0 Å². The Morgan fingerprint density at radius 2 is 2.40 bits per heavy atom. The van der Waals surface area contributed by atoms with Gasteiger partial charge in [0.15, 0.2) is 0 Å². The highest BCUT2D eigenvalue weighted by molar-refractivity contribution is 7.99. The Bertz CT molecular complexity index is 296. The summed E-state index contributed by atoms with van der Waals surface area (Å²) >= 11 is 1.66. The van der Waals surface area contributed by atoms with Crippen molar-refractivity contribution in [3.63, 3.8) is 0 Å². The van der Waals surface area contributed by atoms with Crippen LogP contribution in [0.15, 0.2) is 17.3 Å². The first-order chi connectivity index (χ1) is 7.26. The maximum Gasteiger partial charge on any atom is 0.223 e. The molecule has 0 saturated carbocycles. The van der Waals surface area contributed by atoms with Gasteiger partial charge in [0, 0.05) is 24.6 Å². The first-order valence-corrected chi connectivity index (χ1v) is 5.98. The quantitative estimate of drug-likeness (QED) is 0.573. The van der Waals surface area contributed by atoms with E-state index < -0.39 is 0 Å². The lowest BCUT2D eigenvalue weighted by atomic mass is 10.3. The standard InChI is InChI=1S/C10H17N3OS/c1-3-11-10-12-6-4-9(13-10)15-8(2)5-7-14/h4,6,8,14H,3,5,7H2,1-2H3,(H,11,12,13). The van der Waals surface area contributed by atoms with E-state index >= 15 is 0 Å². The highest BCUT2D eigenvalue weighted by atomic mass is 32.2. The van der Waals surface area contributed by atoms with Crippen LogP contribution in [0.2, 0.25) is 0 Å². The monoisotopic (exact) mass is 227 g/mol. The second kappa shape index (κ2) is 6.63. The van der Waals surface area contributed by atoms with E-state index in [1.807, 2.05) is 13.0 Å². The van der Waals surface area contributed by atoms with E-state index in [0.717, 1.165) is 18.0 Å². The van der Waals surface area contributed by atoms with Gasteiger partial charge in [-0.25, -0.2) is 9.97 Å². The SMILES string of the molecule is CCNc1nccc(SC(C)CCO)n1. The summed E-state index contributed by atoms with van der Waals surface area (Å²) in [5, 5.41) is 13.2. The molecule has 1 aromatic rings. The lowest BCUT2D eigenvalue weighted by molar-refractivity contribution is 0.289. The zero-order valence-electron chi connectivity index (χ0n) is 9.10. The van der Waals surface area contributed by atoms with Gasteiger partial charge in [-0.05, 0) is 19.4 Å². The maximum atomic E-state index is 8.80. The van der Waals surface area contributed by atoms with Gasteiger partial charge in [-0.3, -0.25) is 0 Å². The number of aliphatic hydroxyl groups is 1. The number of thioether (sulfide) groups is 1. The van der Waals surface area contributed by atoms with Crippen molar-refractivity contribution in [1.29, 1.82) is 0 Å². The molecular weight excluding hydrogens is 210 g/mol. The van der Waals surface area contributed by atoms with Gasteiger partial charge in [0.05, 0.1) is 0 Å². The van der Waals surface area contributed by atoms with Crippen molar-refractivity contribution >= 4 is 17.7 Å². The summed E-state index contributed by atoms with van der Waals surface area (Å²) in [4.78, 5) is 8.44. The number of aliphatic hydroxyl groups excluding tert-OH is 1. The first-order valence-electron chi connectivity index (χ1n) is 5.10. The molecule has 1 unspecified atom stereocenters. The minimum absolute atomic E-state index is 0.222. The van der Waals surface area contributed by atoms with Crippen LogP contribution in [0.1, 0.15) is 20.3 Å². The third kappa shape index (κ3) is 4.48. The number of aromatic nitrogens is 2. The molecule has 1 heterocycles. The predicted octanol–water partition coefficient (Wildman–Crippen LogP) is 1.77. The van der Waals surface area contributed by atoms with Crippen LogP contribution in [-0.2, 0) is 0 Å². The van der Waals surface area contributed by atoms with Gasteiger partial charge < -0.3 is 10.4 Å². The van der Waals surface area contributed by atoms with E-state index in [1.165, 1.54) is 0 Å². The zero-order valence-corrected chi connectivity index (χ0v) is 9.92. The third-order valence-electron chi connectivity index (χ3n) is 1.82. The van der Waals surface area contributed by atoms with Gasteiger partial charge in [-0.2, -0.15) is 0 Å². The predicted molar refractivity (Wildman–Crippen MR) is 63.2 cm³/mol. The molecule has 0 radical (unpaired) electrons. The van der Waals surface area contributed by atoms with Crippen LogP contribution in [0.25, 0.3) is 0 Å². The van der Waals surface area contributed by atoms with Crippen LogP contribution < -0.4 is 5.32 Å². The summed E-state index contributed by atoms with van der Waals surface area (Å²) in [6.07, 6.45) is 2.53. The van der Waals surface area contributed by atoms with E-state index in [9.17, 15) is 0 Å². The number of hydrogen-bond acceptors (Lipinski definition) is 5. The van der Waals surface area contributed by atoms with E-state index in [4.69, 9.17) is 5.11 Å². The Balaban J connectivity index is 2.56. The van der Waals surface area contributed by atoms with Crippen molar-refractivity contribution in [2.24, 2.45) is 0 Å². The molecule has 0 aliphatic carbocycles. The van der Waals surface area contributed by atoms with Crippen LogP contribution in [0, 0.1) is 0 Å². The Morgan fingerprint density at radius 3 is 3.07 bits per heavy atom. The molecule has 0 bridgehead atoms. The molecule has 0 fully saturated rings. The fourth-order valence-corrected chi connectivity index (χ4v) is 2.01. The van der Waals surface area contributed by atoms with Crippen LogP contribution in [0.3, 0.4) is 0 Å². The van der Waals surface area contributed by atoms with E-state index in [0.29, 0.717) is 11.2 Å².